The molecule has 98 valence electrons. The first kappa shape index (κ1) is 13.5. The van der Waals surface area contributed by atoms with Gasteiger partial charge in [0.1, 0.15) is 12.2 Å². The highest BCUT2D eigenvalue weighted by molar-refractivity contribution is 9.10. The molecule has 0 saturated carbocycles. The monoisotopic (exact) mass is 315 g/mol. The summed E-state index contributed by atoms with van der Waals surface area (Å²) in [6, 6.07) is 7.69. The first-order chi connectivity index (χ1) is 8.62. The van der Waals surface area contributed by atoms with Gasteiger partial charge in [0.15, 0.2) is 0 Å². The van der Waals surface area contributed by atoms with E-state index in [0.717, 1.165) is 10.0 Å². The number of hydrogen-bond donors (Lipinski definition) is 2. The van der Waals surface area contributed by atoms with Crippen LogP contribution in [0, 0.1) is 0 Å². The molecule has 1 aromatic rings. The minimum Gasteiger partial charge on any atom is -0.480 e. The van der Waals surface area contributed by atoms with Crippen LogP contribution in [-0.2, 0) is 20.0 Å². The number of hydroxylamine groups is 1. The molecule has 5 nitrogen and oxygen atoms in total. The number of benzene rings is 1. The molecule has 1 unspecified atom stereocenters. The lowest BCUT2D eigenvalue weighted by Gasteiger charge is -2.37. The van der Waals surface area contributed by atoms with E-state index < -0.39 is 11.6 Å². The van der Waals surface area contributed by atoms with E-state index in [2.05, 4.69) is 21.4 Å². The van der Waals surface area contributed by atoms with Crippen molar-refractivity contribution in [1.29, 1.82) is 0 Å². The second-order valence-corrected chi connectivity index (χ2v) is 5.02. The Hall–Kier alpha value is -0.950. The van der Waals surface area contributed by atoms with Crippen LogP contribution in [0.15, 0.2) is 28.7 Å². The van der Waals surface area contributed by atoms with E-state index in [-0.39, 0.29) is 6.61 Å². The summed E-state index contributed by atoms with van der Waals surface area (Å²) in [5, 5.41) is 8.77. The van der Waals surface area contributed by atoms with Crippen LogP contribution in [0.4, 0.5) is 0 Å². The molecule has 0 amide bonds. The summed E-state index contributed by atoms with van der Waals surface area (Å²) < 4.78 is 6.55. The molecule has 0 aromatic heterocycles. The Morgan fingerprint density at radius 1 is 1.61 bits per heavy atom. The molecule has 2 N–H and O–H groups in total. The number of carboxylic acids is 1. The summed E-state index contributed by atoms with van der Waals surface area (Å²) in [7, 11) is 0. The highest BCUT2D eigenvalue weighted by atomic mass is 79.9. The van der Waals surface area contributed by atoms with Gasteiger partial charge >= 0.3 is 5.97 Å². The second-order valence-electron chi connectivity index (χ2n) is 4.11. The lowest BCUT2D eigenvalue weighted by Crippen LogP contribution is -2.47. The Morgan fingerprint density at radius 3 is 3.06 bits per heavy atom. The van der Waals surface area contributed by atoms with Crippen LogP contribution < -0.4 is 5.48 Å². The van der Waals surface area contributed by atoms with Crippen molar-refractivity contribution in [3.05, 3.63) is 34.3 Å². The van der Waals surface area contributed by atoms with Crippen LogP contribution in [-0.4, -0.2) is 30.8 Å². The van der Waals surface area contributed by atoms with Crippen molar-refractivity contribution in [2.24, 2.45) is 0 Å². The van der Waals surface area contributed by atoms with Gasteiger partial charge in [-0.15, -0.1) is 0 Å². The van der Waals surface area contributed by atoms with E-state index >= 15 is 0 Å². The number of carbonyl (C=O) groups is 1. The number of carboxylic acid groups (broad SMARTS) is 1. The summed E-state index contributed by atoms with van der Waals surface area (Å²) in [5.41, 5.74) is 3.07. The fourth-order valence-corrected chi connectivity index (χ4v) is 2.37. The highest BCUT2D eigenvalue weighted by Crippen LogP contribution is 2.32. The van der Waals surface area contributed by atoms with Crippen molar-refractivity contribution >= 4 is 21.9 Å². The first-order valence-electron chi connectivity index (χ1n) is 5.59. The summed E-state index contributed by atoms with van der Waals surface area (Å²) >= 11 is 3.41. The van der Waals surface area contributed by atoms with E-state index in [9.17, 15) is 4.79 Å². The molecule has 1 fully saturated rings. The Morgan fingerprint density at radius 2 is 2.44 bits per heavy atom. The molecule has 2 rings (SSSR count). The van der Waals surface area contributed by atoms with Gasteiger partial charge in [-0.1, -0.05) is 28.1 Å². The van der Waals surface area contributed by atoms with Crippen molar-refractivity contribution in [2.75, 3.05) is 19.8 Å². The number of ether oxygens (including phenoxy) is 1. The Bertz CT molecular complexity index is 432. The zero-order chi connectivity index (χ0) is 13.0. The average Bonchev–Trinajstić information content (AvgIpc) is 2.37. The predicted molar refractivity (Wildman–Crippen MR) is 68.0 cm³/mol. The minimum absolute atomic E-state index is 0.325. The molecule has 0 aliphatic carbocycles. The lowest BCUT2D eigenvalue weighted by atomic mass is 9.90. The van der Waals surface area contributed by atoms with Gasteiger partial charge in [-0.3, -0.25) is 0 Å². The average molecular weight is 316 g/mol. The second kappa shape index (κ2) is 5.79. The maximum atomic E-state index is 10.7. The van der Waals surface area contributed by atoms with E-state index in [1.807, 2.05) is 24.3 Å². The highest BCUT2D eigenvalue weighted by Gasteiger charge is 2.36. The fourth-order valence-electron chi connectivity index (χ4n) is 1.97. The molecule has 0 spiro atoms. The molecule has 1 aliphatic heterocycles. The number of aliphatic carboxylic acids is 1. The normalized spacial score (nSPS) is 23.8. The molecule has 0 radical (unpaired) electrons. The van der Waals surface area contributed by atoms with E-state index in [1.165, 1.54) is 0 Å². The van der Waals surface area contributed by atoms with Gasteiger partial charge in [0.05, 0.1) is 13.2 Å². The summed E-state index contributed by atoms with van der Waals surface area (Å²) in [4.78, 5) is 15.8. The van der Waals surface area contributed by atoms with Gasteiger partial charge in [0.2, 0.25) is 0 Å². The third-order valence-corrected chi connectivity index (χ3v) is 3.38. The third-order valence-electron chi connectivity index (χ3n) is 2.89. The minimum atomic E-state index is -0.976. The molecule has 1 saturated heterocycles. The maximum absolute atomic E-state index is 10.7. The van der Waals surface area contributed by atoms with Gasteiger partial charge < -0.3 is 14.7 Å². The quantitative estimate of drug-likeness (QED) is 0.884. The molecule has 0 bridgehead atoms. The zero-order valence-corrected chi connectivity index (χ0v) is 11.3. The molecule has 1 aliphatic rings. The molecule has 1 heterocycles. The van der Waals surface area contributed by atoms with Gasteiger partial charge in [-0.25, -0.2) is 4.79 Å². The van der Waals surface area contributed by atoms with Crippen molar-refractivity contribution in [3.63, 3.8) is 0 Å². The molecular formula is C12H14BrNO4. The van der Waals surface area contributed by atoms with Crippen LogP contribution in [0.2, 0.25) is 0 Å². The number of halogens is 1. The Balaban J connectivity index is 2.25. The topological polar surface area (TPSA) is 67.8 Å². The molecule has 1 aromatic carbocycles. The standard InChI is InChI=1S/C12H14BrNO4/c13-10-3-1-2-9(6-10)12(17-7-11(15)16)4-5-18-14-8-12/h1-3,6,14H,4-5,7-8H2,(H,15,16). The van der Waals surface area contributed by atoms with E-state index in [0.29, 0.717) is 19.6 Å². The lowest BCUT2D eigenvalue weighted by molar-refractivity contribution is -0.165. The van der Waals surface area contributed by atoms with Crippen molar-refractivity contribution in [2.45, 2.75) is 12.0 Å². The maximum Gasteiger partial charge on any atom is 0.329 e. The number of hydrogen-bond acceptors (Lipinski definition) is 4. The summed E-state index contributed by atoms with van der Waals surface area (Å²) in [6.45, 7) is 0.580. The molecule has 18 heavy (non-hydrogen) atoms. The SMILES string of the molecule is O=C(O)COC1(c2cccc(Br)c2)CCONC1. The molecule has 6 heteroatoms. The van der Waals surface area contributed by atoms with Gasteiger partial charge in [-0.05, 0) is 17.7 Å². The predicted octanol–water partition coefficient (Wildman–Crippen LogP) is 1.67. The smallest absolute Gasteiger partial charge is 0.329 e. The van der Waals surface area contributed by atoms with Gasteiger partial charge in [0, 0.05) is 10.9 Å². The molecule has 1 atom stereocenters. The zero-order valence-electron chi connectivity index (χ0n) is 9.69. The first-order valence-corrected chi connectivity index (χ1v) is 6.38. The fraction of sp³-hybridized carbons (Fsp3) is 0.417. The van der Waals surface area contributed by atoms with Gasteiger partial charge in [-0.2, -0.15) is 5.48 Å². The molecular weight excluding hydrogens is 302 g/mol. The largest absolute Gasteiger partial charge is 0.480 e. The summed E-state index contributed by atoms with van der Waals surface area (Å²) in [5.74, 6) is -0.976. The van der Waals surface area contributed by atoms with Crippen molar-refractivity contribution in [1.82, 2.24) is 5.48 Å². The number of nitrogens with one attached hydrogen (secondary N) is 1. The van der Waals surface area contributed by atoms with Crippen LogP contribution in [0.1, 0.15) is 12.0 Å². The Labute approximate surface area is 113 Å². The third kappa shape index (κ3) is 3.08. The van der Waals surface area contributed by atoms with Crippen LogP contribution in [0.3, 0.4) is 0 Å². The van der Waals surface area contributed by atoms with E-state index in [1.54, 1.807) is 0 Å². The Kier molecular flexibility index (Phi) is 4.34. The van der Waals surface area contributed by atoms with Crippen LogP contribution in [0.25, 0.3) is 0 Å². The van der Waals surface area contributed by atoms with Crippen LogP contribution in [0.5, 0.6) is 0 Å². The van der Waals surface area contributed by atoms with Crippen LogP contribution >= 0.6 is 15.9 Å². The van der Waals surface area contributed by atoms with E-state index in [4.69, 9.17) is 14.7 Å². The number of rotatable bonds is 4. The summed E-state index contributed by atoms with van der Waals surface area (Å²) in [6.07, 6.45) is 0.615. The van der Waals surface area contributed by atoms with Crippen molar-refractivity contribution < 1.29 is 19.5 Å². The van der Waals surface area contributed by atoms with Gasteiger partial charge in [0.25, 0.3) is 0 Å². The van der Waals surface area contributed by atoms with Crippen molar-refractivity contribution in [3.8, 4) is 0 Å².